The van der Waals surface area contributed by atoms with Crippen molar-refractivity contribution in [1.29, 1.82) is 0 Å². The highest BCUT2D eigenvalue weighted by molar-refractivity contribution is 6.31. The fourth-order valence-electron chi connectivity index (χ4n) is 3.75. The number of benzene rings is 1. The minimum absolute atomic E-state index is 0.130. The molecule has 3 saturated carbocycles. The van der Waals surface area contributed by atoms with Crippen LogP contribution in [0.15, 0.2) is 42.6 Å². The molecule has 0 radical (unpaired) electrons. The minimum Gasteiger partial charge on any atom is -0.345 e. The fourth-order valence-corrected chi connectivity index (χ4v) is 3.96. The molecule has 3 aliphatic rings. The number of alkyl halides is 1. The number of nitrogens with one attached hydrogen (secondary N) is 2. The van der Waals surface area contributed by atoms with Gasteiger partial charge in [-0.1, -0.05) is 29.8 Å². The van der Waals surface area contributed by atoms with Crippen LogP contribution >= 0.6 is 11.6 Å². The molecule has 3 aliphatic carbocycles. The summed E-state index contributed by atoms with van der Waals surface area (Å²) in [6.07, 6.45) is 2.71. The smallest absolute Gasteiger partial charge is 0.270 e. The van der Waals surface area contributed by atoms with Crippen molar-refractivity contribution in [3.05, 3.63) is 58.9 Å². The van der Waals surface area contributed by atoms with E-state index in [4.69, 9.17) is 11.6 Å². The van der Waals surface area contributed by atoms with Crippen molar-refractivity contribution in [2.24, 2.45) is 0 Å². The van der Waals surface area contributed by atoms with Crippen molar-refractivity contribution in [3.8, 4) is 0 Å². The predicted octanol–water partition coefficient (Wildman–Crippen LogP) is 3.29. The number of anilines is 1. The van der Waals surface area contributed by atoms with Crippen LogP contribution in [0.5, 0.6) is 0 Å². The standard InChI is InChI=1S/C19H17ClFN3O2/c20-14-4-2-1-3-12(14)7-16(25)23-13-5-6-22-15(8-13)17(26)24-19-9-18(21,10-19)11-19/h1-6,8H,7,9-11H2,(H,24,26)(H,22,23,25). The lowest BCUT2D eigenvalue weighted by Gasteiger charge is -2.65. The highest BCUT2D eigenvalue weighted by Gasteiger charge is 2.69. The number of halogens is 2. The maximum atomic E-state index is 13.6. The van der Waals surface area contributed by atoms with Crippen LogP contribution < -0.4 is 10.6 Å². The molecule has 7 heteroatoms. The van der Waals surface area contributed by atoms with E-state index in [0.29, 0.717) is 30.0 Å². The van der Waals surface area contributed by atoms with Crippen LogP contribution in [0, 0.1) is 0 Å². The predicted molar refractivity (Wildman–Crippen MR) is 95.9 cm³/mol. The van der Waals surface area contributed by atoms with Crippen LogP contribution in [0.4, 0.5) is 10.1 Å². The summed E-state index contributed by atoms with van der Waals surface area (Å²) in [4.78, 5) is 28.6. The van der Waals surface area contributed by atoms with Gasteiger partial charge in [-0.05, 0) is 23.8 Å². The van der Waals surface area contributed by atoms with Crippen molar-refractivity contribution in [3.63, 3.8) is 0 Å². The second kappa shape index (κ2) is 6.06. The molecule has 1 aromatic carbocycles. The molecular formula is C19H17ClFN3O2. The zero-order valence-electron chi connectivity index (χ0n) is 13.9. The molecule has 26 heavy (non-hydrogen) atoms. The van der Waals surface area contributed by atoms with E-state index in [1.165, 1.54) is 12.3 Å². The number of hydrogen-bond acceptors (Lipinski definition) is 3. The second-order valence-corrected chi connectivity index (χ2v) is 7.57. The molecule has 0 saturated heterocycles. The summed E-state index contributed by atoms with van der Waals surface area (Å²) in [5, 5.41) is 6.13. The van der Waals surface area contributed by atoms with Crippen LogP contribution in [0.3, 0.4) is 0 Å². The number of hydrogen-bond donors (Lipinski definition) is 2. The number of nitrogens with zero attached hydrogens (tertiary/aromatic N) is 1. The molecule has 2 amide bonds. The van der Waals surface area contributed by atoms with E-state index in [-0.39, 0.29) is 23.9 Å². The van der Waals surface area contributed by atoms with Crippen molar-refractivity contribution in [1.82, 2.24) is 10.3 Å². The molecule has 3 fully saturated rings. The van der Waals surface area contributed by atoms with Gasteiger partial charge in [-0.3, -0.25) is 14.6 Å². The van der Waals surface area contributed by atoms with Crippen LogP contribution in [-0.2, 0) is 11.2 Å². The Kier molecular flexibility index (Phi) is 3.95. The largest absolute Gasteiger partial charge is 0.345 e. The molecular weight excluding hydrogens is 357 g/mol. The van der Waals surface area contributed by atoms with Gasteiger partial charge in [0.15, 0.2) is 0 Å². The number of rotatable bonds is 5. The van der Waals surface area contributed by atoms with Gasteiger partial charge < -0.3 is 10.6 Å². The summed E-state index contributed by atoms with van der Waals surface area (Å²) in [5.41, 5.74) is -0.0890. The van der Waals surface area contributed by atoms with Gasteiger partial charge in [0.1, 0.15) is 11.4 Å². The first-order chi connectivity index (χ1) is 12.4. The summed E-state index contributed by atoms with van der Waals surface area (Å²) in [6, 6.07) is 10.2. The normalized spacial score (nSPS) is 25.6. The monoisotopic (exact) mass is 373 g/mol. The van der Waals surface area contributed by atoms with E-state index < -0.39 is 11.2 Å². The van der Waals surface area contributed by atoms with Crippen LogP contribution in [0.2, 0.25) is 5.02 Å². The molecule has 0 atom stereocenters. The Morgan fingerprint density at radius 2 is 1.92 bits per heavy atom. The molecule has 0 spiro atoms. The van der Waals surface area contributed by atoms with E-state index in [1.807, 2.05) is 6.07 Å². The lowest BCUT2D eigenvalue weighted by atomic mass is 9.47. The quantitative estimate of drug-likeness (QED) is 0.844. The van der Waals surface area contributed by atoms with Gasteiger partial charge in [-0.2, -0.15) is 0 Å². The lowest BCUT2D eigenvalue weighted by Crippen LogP contribution is -2.76. The molecule has 134 valence electrons. The van der Waals surface area contributed by atoms with Crippen LogP contribution in [0.1, 0.15) is 35.3 Å². The SMILES string of the molecule is O=C(Cc1ccccc1Cl)Nc1ccnc(C(=O)NC23CC(F)(C2)C3)c1. The first-order valence-corrected chi connectivity index (χ1v) is 8.75. The van der Waals surface area contributed by atoms with Gasteiger partial charge in [0.2, 0.25) is 5.91 Å². The van der Waals surface area contributed by atoms with Crippen molar-refractivity contribution in [2.75, 3.05) is 5.32 Å². The number of pyridine rings is 1. The van der Waals surface area contributed by atoms with E-state index in [9.17, 15) is 14.0 Å². The minimum atomic E-state index is -1.07. The Bertz CT molecular complexity index is 882. The summed E-state index contributed by atoms with van der Waals surface area (Å²) >= 11 is 6.06. The fraction of sp³-hybridized carbons (Fsp3) is 0.316. The third kappa shape index (κ3) is 3.17. The van der Waals surface area contributed by atoms with Gasteiger partial charge >= 0.3 is 0 Å². The zero-order chi connectivity index (χ0) is 18.4. The highest BCUT2D eigenvalue weighted by atomic mass is 35.5. The van der Waals surface area contributed by atoms with Gasteiger partial charge in [0.25, 0.3) is 5.91 Å². The van der Waals surface area contributed by atoms with Gasteiger partial charge in [-0.25, -0.2) is 4.39 Å². The highest BCUT2D eigenvalue weighted by Crippen LogP contribution is 2.62. The lowest BCUT2D eigenvalue weighted by molar-refractivity contribution is -0.162. The van der Waals surface area contributed by atoms with Crippen molar-refractivity contribution >= 4 is 29.1 Å². The third-order valence-electron chi connectivity index (χ3n) is 4.93. The summed E-state index contributed by atoms with van der Waals surface area (Å²) < 4.78 is 13.6. The van der Waals surface area contributed by atoms with E-state index >= 15 is 0 Å². The Balaban J connectivity index is 1.39. The van der Waals surface area contributed by atoms with Gasteiger partial charge in [0, 0.05) is 41.7 Å². The molecule has 1 heterocycles. The molecule has 2 N–H and O–H groups in total. The molecule has 1 aromatic heterocycles. The second-order valence-electron chi connectivity index (χ2n) is 7.16. The van der Waals surface area contributed by atoms with Crippen molar-refractivity contribution < 1.29 is 14.0 Å². The number of aromatic nitrogens is 1. The van der Waals surface area contributed by atoms with Crippen molar-refractivity contribution in [2.45, 2.75) is 36.9 Å². The first-order valence-electron chi connectivity index (χ1n) is 8.37. The summed E-state index contributed by atoms with van der Waals surface area (Å²) in [7, 11) is 0. The van der Waals surface area contributed by atoms with Crippen LogP contribution in [0.25, 0.3) is 0 Å². The van der Waals surface area contributed by atoms with Crippen LogP contribution in [-0.4, -0.2) is 28.0 Å². The molecule has 0 unspecified atom stereocenters. The summed E-state index contributed by atoms with van der Waals surface area (Å²) in [5.74, 6) is -0.594. The zero-order valence-corrected chi connectivity index (χ0v) is 14.6. The molecule has 2 bridgehead atoms. The van der Waals surface area contributed by atoms with Gasteiger partial charge in [-0.15, -0.1) is 0 Å². The number of carbonyl (C=O) groups excluding carboxylic acids is 2. The Morgan fingerprint density at radius 1 is 1.19 bits per heavy atom. The number of amides is 2. The van der Waals surface area contributed by atoms with Gasteiger partial charge in [0.05, 0.1) is 6.42 Å². The maximum Gasteiger partial charge on any atom is 0.270 e. The number of carbonyl (C=O) groups is 2. The Labute approximate surface area is 155 Å². The van der Waals surface area contributed by atoms with E-state index in [1.54, 1.807) is 24.3 Å². The van der Waals surface area contributed by atoms with E-state index in [2.05, 4.69) is 15.6 Å². The maximum absolute atomic E-state index is 13.6. The summed E-state index contributed by atoms with van der Waals surface area (Å²) in [6.45, 7) is 0. The molecule has 5 nitrogen and oxygen atoms in total. The van der Waals surface area contributed by atoms with E-state index in [0.717, 1.165) is 5.56 Å². The average Bonchev–Trinajstić information content (AvgIpc) is 2.54. The topological polar surface area (TPSA) is 71.1 Å². The third-order valence-corrected chi connectivity index (χ3v) is 5.30. The Morgan fingerprint density at radius 3 is 2.62 bits per heavy atom. The Hall–Kier alpha value is -2.47. The average molecular weight is 374 g/mol. The molecule has 2 aromatic rings. The molecule has 0 aliphatic heterocycles. The molecule has 5 rings (SSSR count). The first kappa shape index (κ1) is 17.0.